The summed E-state index contributed by atoms with van der Waals surface area (Å²) >= 11 is 0. The molecular formula is C23H26N2O5. The Morgan fingerprint density at radius 3 is 2.07 bits per heavy atom. The first-order valence-corrected chi connectivity index (χ1v) is 9.72. The third-order valence-electron chi connectivity index (χ3n) is 4.86. The molecule has 0 saturated carbocycles. The van der Waals surface area contributed by atoms with E-state index in [0.717, 1.165) is 24.3 Å². The van der Waals surface area contributed by atoms with E-state index in [0.29, 0.717) is 22.8 Å². The molecule has 0 aromatic heterocycles. The van der Waals surface area contributed by atoms with E-state index in [1.807, 2.05) is 24.3 Å². The fourth-order valence-electron chi connectivity index (χ4n) is 3.27. The van der Waals surface area contributed by atoms with Crippen LogP contribution >= 0.6 is 0 Å². The molecule has 1 aliphatic rings. The molecule has 7 heteroatoms. The Hall–Kier alpha value is -3.48. The molecule has 0 fully saturated rings. The molecule has 1 aliphatic heterocycles. The van der Waals surface area contributed by atoms with E-state index in [2.05, 4.69) is 23.7 Å². The Morgan fingerprint density at radius 1 is 0.967 bits per heavy atom. The van der Waals surface area contributed by atoms with Gasteiger partial charge in [0.1, 0.15) is 0 Å². The van der Waals surface area contributed by atoms with E-state index in [9.17, 15) is 4.79 Å². The predicted octanol–water partition coefficient (Wildman–Crippen LogP) is 3.90. The standard InChI is InChI=1S/C23H26N2O5/c1-6-25(7-2)17-10-8-15(9-11-17)12-18-23(26)30-22(24-18)16-13-19(27-3)21(29-5)20(14-16)28-4/h8-14H,6-7H2,1-5H3/b18-12+. The Bertz CT molecular complexity index is 951. The Kier molecular flexibility index (Phi) is 6.61. The van der Waals surface area contributed by atoms with Crippen LogP contribution in [0.1, 0.15) is 25.0 Å². The molecule has 0 atom stereocenters. The number of carbonyl (C=O) groups excluding carboxylic acids is 1. The third kappa shape index (κ3) is 4.25. The summed E-state index contributed by atoms with van der Waals surface area (Å²) in [5.74, 6) is 1.04. The van der Waals surface area contributed by atoms with E-state index in [1.54, 1.807) is 18.2 Å². The van der Waals surface area contributed by atoms with Crippen LogP contribution in [0.5, 0.6) is 17.2 Å². The van der Waals surface area contributed by atoms with Crippen LogP contribution in [0.3, 0.4) is 0 Å². The molecule has 2 aromatic carbocycles. The van der Waals surface area contributed by atoms with Crippen molar-refractivity contribution >= 4 is 23.6 Å². The summed E-state index contributed by atoms with van der Waals surface area (Å²) in [6.45, 7) is 6.11. The molecule has 30 heavy (non-hydrogen) atoms. The van der Waals surface area contributed by atoms with E-state index in [-0.39, 0.29) is 11.6 Å². The third-order valence-corrected chi connectivity index (χ3v) is 4.86. The zero-order valence-electron chi connectivity index (χ0n) is 17.9. The van der Waals surface area contributed by atoms with Gasteiger partial charge in [-0.05, 0) is 49.8 Å². The molecule has 0 radical (unpaired) electrons. The highest BCUT2D eigenvalue weighted by Crippen LogP contribution is 2.39. The maximum absolute atomic E-state index is 12.4. The Morgan fingerprint density at radius 2 is 1.57 bits per heavy atom. The van der Waals surface area contributed by atoms with Gasteiger partial charge in [0, 0.05) is 24.3 Å². The molecule has 0 aliphatic carbocycles. The van der Waals surface area contributed by atoms with Gasteiger partial charge in [-0.2, -0.15) is 0 Å². The molecule has 0 amide bonds. The maximum Gasteiger partial charge on any atom is 0.363 e. The summed E-state index contributed by atoms with van der Waals surface area (Å²) < 4.78 is 21.4. The second-order valence-corrected chi connectivity index (χ2v) is 6.51. The number of carbonyl (C=O) groups is 1. The second kappa shape index (κ2) is 9.35. The van der Waals surface area contributed by atoms with Crippen molar-refractivity contribution in [3.8, 4) is 17.2 Å². The van der Waals surface area contributed by atoms with Gasteiger partial charge in [0.15, 0.2) is 17.2 Å². The van der Waals surface area contributed by atoms with Crippen LogP contribution in [-0.4, -0.2) is 46.3 Å². The van der Waals surface area contributed by atoms with Gasteiger partial charge in [0.2, 0.25) is 11.6 Å². The number of hydrogen-bond donors (Lipinski definition) is 0. The zero-order chi connectivity index (χ0) is 21.7. The van der Waals surface area contributed by atoms with Crippen molar-refractivity contribution in [3.05, 3.63) is 53.2 Å². The predicted molar refractivity (Wildman–Crippen MR) is 117 cm³/mol. The fourth-order valence-corrected chi connectivity index (χ4v) is 3.27. The summed E-state index contributed by atoms with van der Waals surface area (Å²) in [4.78, 5) is 19.0. The summed E-state index contributed by atoms with van der Waals surface area (Å²) in [5.41, 5.74) is 2.79. The number of ether oxygens (including phenoxy) is 4. The van der Waals surface area contributed by atoms with Gasteiger partial charge in [-0.1, -0.05) is 12.1 Å². The number of hydrogen-bond acceptors (Lipinski definition) is 7. The fraction of sp³-hybridized carbons (Fsp3) is 0.304. The van der Waals surface area contributed by atoms with Gasteiger partial charge in [0.25, 0.3) is 0 Å². The van der Waals surface area contributed by atoms with Crippen molar-refractivity contribution in [3.63, 3.8) is 0 Å². The lowest BCUT2D eigenvalue weighted by Crippen LogP contribution is -2.21. The normalized spacial score (nSPS) is 14.4. The largest absolute Gasteiger partial charge is 0.493 e. The zero-order valence-corrected chi connectivity index (χ0v) is 17.9. The van der Waals surface area contributed by atoms with Gasteiger partial charge >= 0.3 is 5.97 Å². The minimum atomic E-state index is -0.508. The van der Waals surface area contributed by atoms with Gasteiger partial charge in [-0.25, -0.2) is 9.79 Å². The number of cyclic esters (lactones) is 1. The van der Waals surface area contributed by atoms with E-state index < -0.39 is 5.97 Å². The summed E-state index contributed by atoms with van der Waals surface area (Å²) in [6, 6.07) is 11.4. The van der Waals surface area contributed by atoms with Crippen molar-refractivity contribution in [2.75, 3.05) is 39.3 Å². The average Bonchev–Trinajstić information content (AvgIpc) is 3.14. The van der Waals surface area contributed by atoms with Gasteiger partial charge in [0.05, 0.1) is 21.3 Å². The molecule has 158 valence electrons. The number of nitrogens with zero attached hydrogens (tertiary/aromatic N) is 2. The van der Waals surface area contributed by atoms with E-state index >= 15 is 0 Å². The van der Waals surface area contributed by atoms with Crippen LogP contribution in [-0.2, 0) is 9.53 Å². The monoisotopic (exact) mass is 410 g/mol. The molecule has 3 rings (SSSR count). The SMILES string of the molecule is CCN(CC)c1ccc(/C=C2/N=C(c3cc(OC)c(OC)c(OC)c3)OC2=O)cc1. The molecule has 0 spiro atoms. The highest BCUT2D eigenvalue weighted by atomic mass is 16.6. The highest BCUT2D eigenvalue weighted by molar-refractivity contribution is 6.13. The van der Waals surface area contributed by atoms with Crippen molar-refractivity contribution in [2.45, 2.75) is 13.8 Å². The van der Waals surface area contributed by atoms with E-state index in [4.69, 9.17) is 18.9 Å². The van der Waals surface area contributed by atoms with Crippen molar-refractivity contribution in [1.82, 2.24) is 0 Å². The summed E-state index contributed by atoms with van der Waals surface area (Å²) in [5, 5.41) is 0. The minimum absolute atomic E-state index is 0.185. The molecule has 2 aromatic rings. The first-order chi connectivity index (χ1) is 14.5. The number of esters is 1. The van der Waals surface area contributed by atoms with Crippen LogP contribution in [0.4, 0.5) is 5.69 Å². The molecule has 0 unspecified atom stereocenters. The Labute approximate surface area is 176 Å². The topological polar surface area (TPSA) is 69.6 Å². The number of rotatable bonds is 8. The van der Waals surface area contributed by atoms with Gasteiger partial charge < -0.3 is 23.8 Å². The average molecular weight is 410 g/mol. The maximum atomic E-state index is 12.4. The molecule has 0 N–H and O–H groups in total. The van der Waals surface area contributed by atoms with Gasteiger partial charge in [-0.3, -0.25) is 0 Å². The lowest BCUT2D eigenvalue weighted by molar-refractivity contribution is -0.129. The number of anilines is 1. The van der Waals surface area contributed by atoms with Crippen molar-refractivity contribution in [1.29, 1.82) is 0 Å². The van der Waals surface area contributed by atoms with Crippen LogP contribution in [0.2, 0.25) is 0 Å². The lowest BCUT2D eigenvalue weighted by Gasteiger charge is -2.20. The second-order valence-electron chi connectivity index (χ2n) is 6.51. The summed E-state index contributed by atoms with van der Waals surface area (Å²) in [6.07, 6.45) is 1.71. The Balaban J connectivity index is 1.91. The highest BCUT2D eigenvalue weighted by Gasteiger charge is 2.26. The number of benzene rings is 2. The van der Waals surface area contributed by atoms with E-state index in [1.165, 1.54) is 21.3 Å². The number of aliphatic imine (C=N–C) groups is 1. The van der Waals surface area contributed by atoms with Crippen LogP contribution in [0.25, 0.3) is 6.08 Å². The first-order valence-electron chi connectivity index (χ1n) is 9.72. The van der Waals surface area contributed by atoms with Crippen molar-refractivity contribution < 1.29 is 23.7 Å². The van der Waals surface area contributed by atoms with Crippen LogP contribution < -0.4 is 19.1 Å². The lowest BCUT2D eigenvalue weighted by atomic mass is 10.1. The van der Waals surface area contributed by atoms with Crippen molar-refractivity contribution in [2.24, 2.45) is 4.99 Å². The number of methoxy groups -OCH3 is 3. The molecular weight excluding hydrogens is 384 g/mol. The molecule has 1 heterocycles. The van der Waals surface area contributed by atoms with Crippen LogP contribution in [0.15, 0.2) is 47.1 Å². The van der Waals surface area contributed by atoms with Crippen LogP contribution in [0, 0.1) is 0 Å². The molecule has 0 saturated heterocycles. The summed E-state index contributed by atoms with van der Waals surface area (Å²) in [7, 11) is 4.58. The molecule has 0 bridgehead atoms. The van der Waals surface area contributed by atoms with Gasteiger partial charge in [-0.15, -0.1) is 0 Å². The molecule has 7 nitrogen and oxygen atoms in total. The smallest absolute Gasteiger partial charge is 0.363 e. The minimum Gasteiger partial charge on any atom is -0.493 e. The first kappa shape index (κ1) is 21.2. The quantitative estimate of drug-likeness (QED) is 0.486.